The van der Waals surface area contributed by atoms with Crippen LogP contribution >= 0.6 is 0 Å². The zero-order chi connectivity index (χ0) is 20.5. The van der Waals surface area contributed by atoms with Crippen molar-refractivity contribution in [3.63, 3.8) is 0 Å². The first-order valence-electron chi connectivity index (χ1n) is 10.6. The lowest BCUT2D eigenvalue weighted by Crippen LogP contribution is -2.34. The minimum absolute atomic E-state index is 0.230. The molecule has 2 heteroatoms. The van der Waals surface area contributed by atoms with Gasteiger partial charge in [-0.05, 0) is 82.9 Å². The number of carboxylic acid groups (broad SMARTS) is 1. The van der Waals surface area contributed by atoms with E-state index < -0.39 is 5.97 Å². The molecule has 0 atom stereocenters. The fourth-order valence-electron chi connectivity index (χ4n) is 4.53. The van der Waals surface area contributed by atoms with Crippen LogP contribution in [0.15, 0.2) is 36.4 Å². The van der Waals surface area contributed by atoms with E-state index in [1.54, 1.807) is 17.7 Å². The zero-order valence-corrected chi connectivity index (χ0v) is 18.1. The van der Waals surface area contributed by atoms with E-state index in [9.17, 15) is 4.79 Å². The Balaban J connectivity index is 1.92. The molecule has 0 saturated carbocycles. The lowest BCUT2D eigenvalue weighted by Gasteiger charge is -2.42. The molecular weight excluding hydrogens is 344 g/mol. The number of rotatable bonds is 6. The molecule has 0 spiro atoms. The van der Waals surface area contributed by atoms with Gasteiger partial charge in [-0.1, -0.05) is 65.3 Å². The third-order valence-electron chi connectivity index (χ3n) is 6.58. The van der Waals surface area contributed by atoms with Crippen LogP contribution < -0.4 is 0 Å². The lowest BCUT2D eigenvalue weighted by molar-refractivity contribution is 0.0697. The standard InChI is InChI=1S/C26H34O2/c1-6-7-20-16-22-23(26(4,5)15-14-25(22,2)3)17-21(20)13-10-18-8-11-19(12-9-18)24(27)28/h8-9,11-12,16-17H,6-7,10,13-15H2,1-5H3,(H,27,28). The molecule has 1 N–H and O–H groups in total. The van der Waals surface area contributed by atoms with Gasteiger partial charge >= 0.3 is 5.97 Å². The van der Waals surface area contributed by atoms with E-state index in [0.717, 1.165) is 25.7 Å². The average molecular weight is 379 g/mol. The third kappa shape index (κ3) is 4.16. The van der Waals surface area contributed by atoms with Crippen molar-refractivity contribution < 1.29 is 9.90 Å². The molecule has 1 aliphatic rings. The van der Waals surface area contributed by atoms with Crippen LogP contribution in [0, 0.1) is 0 Å². The highest BCUT2D eigenvalue weighted by molar-refractivity contribution is 5.87. The van der Waals surface area contributed by atoms with Crippen molar-refractivity contribution in [2.75, 3.05) is 0 Å². The van der Waals surface area contributed by atoms with Crippen LogP contribution in [0.25, 0.3) is 0 Å². The molecule has 0 aromatic heterocycles. The van der Waals surface area contributed by atoms with Gasteiger partial charge in [0.2, 0.25) is 0 Å². The lowest BCUT2D eigenvalue weighted by atomic mass is 9.62. The average Bonchev–Trinajstić information content (AvgIpc) is 2.65. The van der Waals surface area contributed by atoms with Crippen molar-refractivity contribution in [2.24, 2.45) is 0 Å². The second-order valence-corrected chi connectivity index (χ2v) is 9.69. The molecule has 0 heterocycles. The molecule has 0 saturated heterocycles. The third-order valence-corrected chi connectivity index (χ3v) is 6.58. The predicted molar refractivity (Wildman–Crippen MR) is 117 cm³/mol. The Morgan fingerprint density at radius 3 is 1.82 bits per heavy atom. The summed E-state index contributed by atoms with van der Waals surface area (Å²) in [6, 6.07) is 12.3. The molecule has 2 nitrogen and oxygen atoms in total. The highest BCUT2D eigenvalue weighted by atomic mass is 16.4. The summed E-state index contributed by atoms with van der Waals surface area (Å²) in [6.45, 7) is 11.8. The van der Waals surface area contributed by atoms with Gasteiger partial charge in [-0.3, -0.25) is 0 Å². The Morgan fingerprint density at radius 1 is 0.857 bits per heavy atom. The maximum absolute atomic E-state index is 11.1. The van der Waals surface area contributed by atoms with Gasteiger partial charge in [0.05, 0.1) is 5.56 Å². The molecule has 2 aromatic carbocycles. The number of carbonyl (C=O) groups is 1. The van der Waals surface area contributed by atoms with E-state index in [1.165, 1.54) is 35.1 Å². The molecule has 0 amide bonds. The molecule has 2 aromatic rings. The monoisotopic (exact) mass is 378 g/mol. The maximum atomic E-state index is 11.1. The van der Waals surface area contributed by atoms with Gasteiger partial charge in [0.1, 0.15) is 0 Å². The molecule has 3 rings (SSSR count). The number of hydrogen-bond donors (Lipinski definition) is 1. The Labute approximate surface area is 170 Å². The van der Waals surface area contributed by atoms with Gasteiger partial charge in [0.15, 0.2) is 0 Å². The first-order valence-corrected chi connectivity index (χ1v) is 10.6. The maximum Gasteiger partial charge on any atom is 0.335 e. The molecule has 0 fully saturated rings. The second-order valence-electron chi connectivity index (χ2n) is 9.69. The van der Waals surface area contributed by atoms with Gasteiger partial charge in [-0.2, -0.15) is 0 Å². The Kier molecular flexibility index (Phi) is 5.70. The quantitative estimate of drug-likeness (QED) is 0.625. The fraction of sp³-hybridized carbons (Fsp3) is 0.500. The van der Waals surface area contributed by atoms with Crippen LogP contribution in [0.2, 0.25) is 0 Å². The summed E-state index contributed by atoms with van der Waals surface area (Å²) in [5, 5.41) is 9.08. The first kappa shape index (κ1) is 20.6. The van der Waals surface area contributed by atoms with Gasteiger partial charge in [-0.25, -0.2) is 4.79 Å². The molecule has 0 radical (unpaired) electrons. The highest BCUT2D eigenvalue weighted by Gasteiger charge is 2.37. The van der Waals surface area contributed by atoms with Gasteiger partial charge < -0.3 is 5.11 Å². The first-order chi connectivity index (χ1) is 13.1. The second kappa shape index (κ2) is 7.73. The zero-order valence-electron chi connectivity index (χ0n) is 18.1. The summed E-state index contributed by atoms with van der Waals surface area (Å²) in [5.74, 6) is -0.865. The predicted octanol–water partition coefficient (Wildman–Crippen LogP) is 6.47. The Morgan fingerprint density at radius 2 is 1.36 bits per heavy atom. The molecular formula is C26H34O2. The fourth-order valence-corrected chi connectivity index (χ4v) is 4.53. The number of fused-ring (bicyclic) bond motifs is 1. The Bertz CT molecular complexity index is 857. The minimum Gasteiger partial charge on any atom is -0.478 e. The van der Waals surface area contributed by atoms with Crippen molar-refractivity contribution in [1.82, 2.24) is 0 Å². The SMILES string of the molecule is CCCc1cc2c(cc1CCc1ccc(C(=O)O)cc1)C(C)(C)CCC2(C)C. The summed E-state index contributed by atoms with van der Waals surface area (Å²) in [7, 11) is 0. The molecule has 0 unspecified atom stereocenters. The summed E-state index contributed by atoms with van der Waals surface area (Å²) < 4.78 is 0. The number of hydrogen-bond acceptors (Lipinski definition) is 1. The van der Waals surface area contributed by atoms with Gasteiger partial charge in [0.25, 0.3) is 0 Å². The normalized spacial score (nSPS) is 17.2. The molecule has 150 valence electrons. The van der Waals surface area contributed by atoms with E-state index >= 15 is 0 Å². The van der Waals surface area contributed by atoms with E-state index in [-0.39, 0.29) is 10.8 Å². The number of aromatic carboxylic acids is 1. The van der Waals surface area contributed by atoms with Crippen LogP contribution in [-0.4, -0.2) is 11.1 Å². The number of carboxylic acids is 1. The van der Waals surface area contributed by atoms with E-state index in [1.807, 2.05) is 12.1 Å². The highest BCUT2D eigenvalue weighted by Crippen LogP contribution is 2.46. The summed E-state index contributed by atoms with van der Waals surface area (Å²) in [5.41, 5.74) is 8.06. The smallest absolute Gasteiger partial charge is 0.335 e. The van der Waals surface area contributed by atoms with E-state index in [0.29, 0.717) is 5.56 Å². The van der Waals surface area contributed by atoms with Crippen LogP contribution in [0.1, 0.15) is 92.1 Å². The molecule has 0 bridgehead atoms. The van der Waals surface area contributed by atoms with E-state index in [4.69, 9.17) is 5.11 Å². The number of aryl methyl sites for hydroxylation is 3. The van der Waals surface area contributed by atoms with Gasteiger partial charge in [-0.15, -0.1) is 0 Å². The van der Waals surface area contributed by atoms with Crippen LogP contribution in [-0.2, 0) is 30.1 Å². The van der Waals surface area contributed by atoms with Crippen molar-refractivity contribution >= 4 is 5.97 Å². The molecule has 28 heavy (non-hydrogen) atoms. The van der Waals surface area contributed by atoms with Crippen molar-refractivity contribution in [3.8, 4) is 0 Å². The number of benzene rings is 2. The van der Waals surface area contributed by atoms with E-state index in [2.05, 4.69) is 46.8 Å². The minimum atomic E-state index is -0.865. The largest absolute Gasteiger partial charge is 0.478 e. The van der Waals surface area contributed by atoms with Crippen LogP contribution in [0.4, 0.5) is 0 Å². The van der Waals surface area contributed by atoms with Crippen molar-refractivity contribution in [3.05, 3.63) is 69.8 Å². The summed E-state index contributed by atoms with van der Waals surface area (Å²) in [4.78, 5) is 11.1. The molecule has 1 aliphatic carbocycles. The van der Waals surface area contributed by atoms with Crippen molar-refractivity contribution in [2.45, 2.75) is 84.0 Å². The van der Waals surface area contributed by atoms with Crippen LogP contribution in [0.3, 0.4) is 0 Å². The molecule has 0 aliphatic heterocycles. The summed E-state index contributed by atoms with van der Waals surface area (Å²) >= 11 is 0. The topological polar surface area (TPSA) is 37.3 Å². The van der Waals surface area contributed by atoms with Crippen molar-refractivity contribution in [1.29, 1.82) is 0 Å². The Hall–Kier alpha value is -2.09. The van der Waals surface area contributed by atoms with Gasteiger partial charge in [0, 0.05) is 0 Å². The summed E-state index contributed by atoms with van der Waals surface area (Å²) in [6.07, 6.45) is 6.70. The van der Waals surface area contributed by atoms with Crippen LogP contribution in [0.5, 0.6) is 0 Å².